The number of hydrogen-bond acceptors (Lipinski definition) is 2. The van der Waals surface area contributed by atoms with E-state index in [9.17, 15) is 9.18 Å². The standard InChI is InChI=1S/C11H14FNO2/c1-8-4-5-9(12)7-10(8)13-11(15)3-2-6-14/h4-5,7,14H,2-3,6H2,1H3,(H,13,15). The van der Waals surface area contributed by atoms with Gasteiger partial charge in [-0.3, -0.25) is 4.79 Å². The second-order valence-electron chi connectivity index (χ2n) is 3.33. The van der Waals surface area contributed by atoms with Crippen LogP contribution in [0.4, 0.5) is 10.1 Å². The van der Waals surface area contributed by atoms with Gasteiger partial charge in [0.2, 0.25) is 5.91 Å². The number of aryl methyl sites for hydroxylation is 1. The van der Waals surface area contributed by atoms with Crippen molar-refractivity contribution in [3.63, 3.8) is 0 Å². The number of aliphatic hydroxyl groups excluding tert-OH is 1. The summed E-state index contributed by atoms with van der Waals surface area (Å²) < 4.78 is 12.9. The largest absolute Gasteiger partial charge is 0.396 e. The van der Waals surface area contributed by atoms with Crippen LogP contribution in [0.3, 0.4) is 0 Å². The van der Waals surface area contributed by atoms with Gasteiger partial charge in [-0.05, 0) is 31.0 Å². The van der Waals surface area contributed by atoms with Gasteiger partial charge in [0.1, 0.15) is 5.82 Å². The van der Waals surface area contributed by atoms with Crippen molar-refractivity contribution in [2.45, 2.75) is 19.8 Å². The summed E-state index contributed by atoms with van der Waals surface area (Å²) in [6.45, 7) is 1.77. The Hall–Kier alpha value is -1.42. The highest BCUT2D eigenvalue weighted by atomic mass is 19.1. The molecule has 1 aromatic carbocycles. The minimum absolute atomic E-state index is 0.0183. The van der Waals surface area contributed by atoms with Gasteiger partial charge < -0.3 is 10.4 Å². The van der Waals surface area contributed by atoms with Gasteiger partial charge in [-0.15, -0.1) is 0 Å². The zero-order valence-corrected chi connectivity index (χ0v) is 8.59. The number of aliphatic hydroxyl groups is 1. The van der Waals surface area contributed by atoms with Gasteiger partial charge in [0.15, 0.2) is 0 Å². The normalized spacial score (nSPS) is 10.1. The van der Waals surface area contributed by atoms with Crippen molar-refractivity contribution in [3.8, 4) is 0 Å². The molecule has 1 aromatic rings. The third-order valence-electron chi connectivity index (χ3n) is 2.04. The molecule has 1 amide bonds. The Balaban J connectivity index is 2.63. The summed E-state index contributed by atoms with van der Waals surface area (Å²) in [6.07, 6.45) is 0.659. The highest BCUT2D eigenvalue weighted by Crippen LogP contribution is 2.16. The van der Waals surface area contributed by atoms with Gasteiger partial charge >= 0.3 is 0 Å². The van der Waals surface area contributed by atoms with Crippen molar-refractivity contribution in [1.82, 2.24) is 0 Å². The fourth-order valence-corrected chi connectivity index (χ4v) is 1.18. The van der Waals surface area contributed by atoms with Crippen molar-refractivity contribution >= 4 is 11.6 Å². The van der Waals surface area contributed by atoms with E-state index >= 15 is 0 Å². The van der Waals surface area contributed by atoms with Gasteiger partial charge in [0.25, 0.3) is 0 Å². The first-order valence-electron chi connectivity index (χ1n) is 4.80. The van der Waals surface area contributed by atoms with Crippen LogP contribution >= 0.6 is 0 Å². The first-order valence-corrected chi connectivity index (χ1v) is 4.80. The van der Waals surface area contributed by atoms with Crippen LogP contribution in [0.25, 0.3) is 0 Å². The summed E-state index contributed by atoms with van der Waals surface area (Å²) in [4.78, 5) is 11.3. The average Bonchev–Trinajstić information content (AvgIpc) is 2.20. The monoisotopic (exact) mass is 211 g/mol. The fraction of sp³-hybridized carbons (Fsp3) is 0.364. The third kappa shape index (κ3) is 3.67. The van der Waals surface area contributed by atoms with Crippen LogP contribution in [0.15, 0.2) is 18.2 Å². The number of anilines is 1. The van der Waals surface area contributed by atoms with E-state index in [0.29, 0.717) is 12.1 Å². The molecular formula is C11H14FNO2. The molecule has 0 spiro atoms. The van der Waals surface area contributed by atoms with Gasteiger partial charge in [-0.1, -0.05) is 6.07 Å². The molecule has 0 bridgehead atoms. The second kappa shape index (κ2) is 5.46. The quantitative estimate of drug-likeness (QED) is 0.798. The Morgan fingerprint density at radius 2 is 2.27 bits per heavy atom. The third-order valence-corrected chi connectivity index (χ3v) is 2.04. The number of carbonyl (C=O) groups excluding carboxylic acids is 1. The number of benzene rings is 1. The van der Waals surface area contributed by atoms with Crippen LogP contribution in [0.2, 0.25) is 0 Å². The van der Waals surface area contributed by atoms with Crippen LogP contribution in [-0.2, 0) is 4.79 Å². The topological polar surface area (TPSA) is 49.3 Å². The number of halogens is 1. The zero-order chi connectivity index (χ0) is 11.3. The molecule has 3 nitrogen and oxygen atoms in total. The summed E-state index contributed by atoms with van der Waals surface area (Å²) >= 11 is 0. The lowest BCUT2D eigenvalue weighted by Crippen LogP contribution is -2.12. The molecule has 0 aromatic heterocycles. The van der Waals surface area contributed by atoms with E-state index in [1.807, 2.05) is 0 Å². The summed E-state index contributed by atoms with van der Waals surface area (Å²) in [6, 6.07) is 4.24. The smallest absolute Gasteiger partial charge is 0.224 e. The number of nitrogens with one attached hydrogen (secondary N) is 1. The van der Waals surface area contributed by atoms with Crippen molar-refractivity contribution in [3.05, 3.63) is 29.6 Å². The maximum atomic E-state index is 12.9. The van der Waals surface area contributed by atoms with E-state index in [1.54, 1.807) is 13.0 Å². The van der Waals surface area contributed by atoms with E-state index in [2.05, 4.69) is 5.32 Å². The molecule has 0 saturated heterocycles. The molecule has 0 aliphatic heterocycles. The van der Waals surface area contributed by atoms with Gasteiger partial charge in [-0.2, -0.15) is 0 Å². The maximum absolute atomic E-state index is 12.9. The lowest BCUT2D eigenvalue weighted by atomic mass is 10.2. The Labute approximate surface area is 87.9 Å². The molecule has 15 heavy (non-hydrogen) atoms. The Morgan fingerprint density at radius 3 is 2.93 bits per heavy atom. The van der Waals surface area contributed by atoms with E-state index in [4.69, 9.17) is 5.11 Å². The van der Waals surface area contributed by atoms with E-state index in [1.165, 1.54) is 12.1 Å². The molecule has 1 rings (SSSR count). The Bertz CT molecular complexity index is 352. The molecule has 0 saturated carbocycles. The minimum atomic E-state index is -0.377. The molecular weight excluding hydrogens is 197 g/mol. The highest BCUT2D eigenvalue weighted by molar-refractivity contribution is 5.91. The summed E-state index contributed by atoms with van der Waals surface area (Å²) in [7, 11) is 0. The van der Waals surface area contributed by atoms with Crippen molar-refractivity contribution in [1.29, 1.82) is 0 Å². The van der Waals surface area contributed by atoms with Crippen LogP contribution in [-0.4, -0.2) is 17.6 Å². The summed E-state index contributed by atoms with van der Waals surface area (Å²) in [5, 5.41) is 11.1. The maximum Gasteiger partial charge on any atom is 0.224 e. The van der Waals surface area contributed by atoms with Crippen LogP contribution in [0.1, 0.15) is 18.4 Å². The van der Waals surface area contributed by atoms with Crippen LogP contribution in [0.5, 0.6) is 0 Å². The number of hydrogen-bond donors (Lipinski definition) is 2. The first-order chi connectivity index (χ1) is 7.13. The predicted molar refractivity (Wildman–Crippen MR) is 56.1 cm³/mol. The van der Waals surface area contributed by atoms with Crippen LogP contribution in [0, 0.1) is 12.7 Å². The summed E-state index contributed by atoms with van der Waals surface area (Å²) in [5.41, 5.74) is 1.30. The molecule has 0 unspecified atom stereocenters. The Kier molecular flexibility index (Phi) is 4.24. The summed E-state index contributed by atoms with van der Waals surface area (Å²) in [5.74, 6) is -0.587. The molecule has 2 N–H and O–H groups in total. The SMILES string of the molecule is Cc1ccc(F)cc1NC(=O)CCCO. The van der Waals surface area contributed by atoms with Gasteiger partial charge in [-0.25, -0.2) is 4.39 Å². The molecule has 0 aliphatic rings. The minimum Gasteiger partial charge on any atom is -0.396 e. The molecule has 0 fully saturated rings. The van der Waals surface area contributed by atoms with Crippen molar-refractivity contribution in [2.24, 2.45) is 0 Å². The molecule has 0 aliphatic carbocycles. The number of rotatable bonds is 4. The average molecular weight is 211 g/mol. The molecule has 4 heteroatoms. The Morgan fingerprint density at radius 1 is 1.53 bits per heavy atom. The van der Waals surface area contributed by atoms with E-state index in [0.717, 1.165) is 5.56 Å². The number of amides is 1. The fourth-order valence-electron chi connectivity index (χ4n) is 1.18. The zero-order valence-electron chi connectivity index (χ0n) is 8.59. The van der Waals surface area contributed by atoms with Crippen LogP contribution < -0.4 is 5.32 Å². The first kappa shape index (κ1) is 11.7. The molecule has 0 atom stereocenters. The predicted octanol–water partition coefficient (Wildman–Crippen LogP) is 1.85. The molecule has 0 radical (unpaired) electrons. The lowest BCUT2D eigenvalue weighted by molar-refractivity contribution is -0.116. The number of carbonyl (C=O) groups is 1. The lowest BCUT2D eigenvalue weighted by Gasteiger charge is -2.07. The van der Waals surface area contributed by atoms with Crippen molar-refractivity contribution in [2.75, 3.05) is 11.9 Å². The van der Waals surface area contributed by atoms with Gasteiger partial charge in [0.05, 0.1) is 0 Å². The van der Waals surface area contributed by atoms with E-state index in [-0.39, 0.29) is 24.8 Å². The highest BCUT2D eigenvalue weighted by Gasteiger charge is 2.05. The second-order valence-corrected chi connectivity index (χ2v) is 3.33. The van der Waals surface area contributed by atoms with E-state index < -0.39 is 0 Å². The molecule has 0 heterocycles. The van der Waals surface area contributed by atoms with Gasteiger partial charge in [0, 0.05) is 18.7 Å². The molecule has 82 valence electrons. The van der Waals surface area contributed by atoms with Crippen molar-refractivity contribution < 1.29 is 14.3 Å².